The molecule has 0 saturated carbocycles. The lowest BCUT2D eigenvalue weighted by Gasteiger charge is -2.12. The maximum Gasteiger partial charge on any atom is 0.328 e. The van der Waals surface area contributed by atoms with E-state index < -0.39 is 35.8 Å². The van der Waals surface area contributed by atoms with Gasteiger partial charge in [-0.25, -0.2) is 13.9 Å². The van der Waals surface area contributed by atoms with Crippen molar-refractivity contribution in [1.29, 1.82) is 0 Å². The predicted octanol–water partition coefficient (Wildman–Crippen LogP) is 0.736. The van der Waals surface area contributed by atoms with Gasteiger partial charge in [0, 0.05) is 17.7 Å². The van der Waals surface area contributed by atoms with Crippen molar-refractivity contribution >= 4 is 11.9 Å². The van der Waals surface area contributed by atoms with Gasteiger partial charge in [0.15, 0.2) is 0 Å². The Morgan fingerprint density at radius 2 is 2.00 bits per heavy atom. The number of rotatable bonds is 6. The second kappa shape index (κ2) is 8.24. The van der Waals surface area contributed by atoms with Crippen molar-refractivity contribution in [3.05, 3.63) is 46.5 Å². The second-order valence-corrected chi connectivity index (χ2v) is 5.37. The summed E-state index contributed by atoms with van der Waals surface area (Å²) in [5.41, 5.74) is -0.204. The third-order valence-electron chi connectivity index (χ3n) is 3.54. The van der Waals surface area contributed by atoms with Gasteiger partial charge < -0.3 is 14.8 Å². The van der Waals surface area contributed by atoms with Gasteiger partial charge in [0.25, 0.3) is 5.56 Å². The van der Waals surface area contributed by atoms with Gasteiger partial charge in [-0.15, -0.1) is 0 Å². The summed E-state index contributed by atoms with van der Waals surface area (Å²) in [6.07, 6.45) is 0. The number of carbonyl (C=O) groups is 2. The van der Waals surface area contributed by atoms with Gasteiger partial charge >= 0.3 is 5.97 Å². The fourth-order valence-corrected chi connectivity index (χ4v) is 2.20. The lowest BCUT2D eigenvalue weighted by atomic mass is 10.1. The minimum atomic E-state index is -0.870. The molecular weight excluding hydrogens is 345 g/mol. The van der Waals surface area contributed by atoms with Crippen molar-refractivity contribution in [2.45, 2.75) is 19.5 Å². The molecule has 0 aliphatic heterocycles. The maximum atomic E-state index is 14.2. The predicted molar refractivity (Wildman–Crippen MR) is 90.1 cm³/mol. The summed E-state index contributed by atoms with van der Waals surface area (Å²) in [5, 5.41) is 6.41. The van der Waals surface area contributed by atoms with E-state index in [9.17, 15) is 18.8 Å². The van der Waals surface area contributed by atoms with Crippen molar-refractivity contribution < 1.29 is 23.5 Å². The molecule has 9 heteroatoms. The van der Waals surface area contributed by atoms with Crippen LogP contribution in [0.3, 0.4) is 0 Å². The van der Waals surface area contributed by atoms with Gasteiger partial charge in [0.1, 0.15) is 24.2 Å². The van der Waals surface area contributed by atoms with Crippen LogP contribution in [0, 0.1) is 5.82 Å². The number of nitrogens with one attached hydrogen (secondary N) is 1. The number of amides is 1. The second-order valence-electron chi connectivity index (χ2n) is 5.37. The Hall–Kier alpha value is -3.23. The van der Waals surface area contributed by atoms with E-state index in [2.05, 4.69) is 15.2 Å². The fourth-order valence-electron chi connectivity index (χ4n) is 2.20. The molecule has 0 fully saturated rings. The molecule has 26 heavy (non-hydrogen) atoms. The zero-order valence-corrected chi connectivity index (χ0v) is 14.5. The topological polar surface area (TPSA) is 99.5 Å². The summed E-state index contributed by atoms with van der Waals surface area (Å²) >= 11 is 0. The molecule has 0 aliphatic rings. The molecule has 2 rings (SSSR count). The first kappa shape index (κ1) is 19.1. The van der Waals surface area contributed by atoms with Crippen LogP contribution in [0.1, 0.15) is 6.92 Å². The normalized spacial score (nSPS) is 11.5. The summed E-state index contributed by atoms with van der Waals surface area (Å²) < 4.78 is 24.5. The van der Waals surface area contributed by atoms with Crippen molar-refractivity contribution in [1.82, 2.24) is 15.1 Å². The van der Waals surface area contributed by atoms with Crippen molar-refractivity contribution in [2.24, 2.45) is 0 Å². The summed E-state index contributed by atoms with van der Waals surface area (Å²) in [5.74, 6) is -1.46. The van der Waals surface area contributed by atoms with Crippen LogP contribution in [0.15, 0.2) is 35.1 Å². The number of methoxy groups -OCH3 is 2. The highest BCUT2D eigenvalue weighted by molar-refractivity contribution is 5.83. The van der Waals surface area contributed by atoms with Crippen LogP contribution in [0.25, 0.3) is 11.3 Å². The first-order chi connectivity index (χ1) is 12.3. The van der Waals surface area contributed by atoms with E-state index in [1.807, 2.05) is 0 Å². The highest BCUT2D eigenvalue weighted by Gasteiger charge is 2.17. The van der Waals surface area contributed by atoms with Gasteiger partial charge in [-0.2, -0.15) is 5.10 Å². The van der Waals surface area contributed by atoms with Gasteiger partial charge in [-0.1, -0.05) is 0 Å². The number of ether oxygens (including phenoxy) is 2. The van der Waals surface area contributed by atoms with Gasteiger partial charge in [-0.05, 0) is 25.1 Å². The van der Waals surface area contributed by atoms with E-state index in [0.717, 1.165) is 4.68 Å². The first-order valence-corrected chi connectivity index (χ1v) is 7.65. The van der Waals surface area contributed by atoms with Crippen LogP contribution >= 0.6 is 0 Å². The molecule has 0 spiro atoms. The first-order valence-electron chi connectivity index (χ1n) is 7.65. The average molecular weight is 363 g/mol. The third-order valence-corrected chi connectivity index (χ3v) is 3.54. The number of benzene rings is 1. The molecule has 1 aromatic carbocycles. The van der Waals surface area contributed by atoms with E-state index in [1.165, 1.54) is 45.4 Å². The average Bonchev–Trinajstić information content (AvgIpc) is 2.62. The maximum absolute atomic E-state index is 14.2. The highest BCUT2D eigenvalue weighted by atomic mass is 19.1. The Labute approximate surface area is 148 Å². The minimum absolute atomic E-state index is 0.155. The highest BCUT2D eigenvalue weighted by Crippen LogP contribution is 2.23. The quantitative estimate of drug-likeness (QED) is 0.760. The third kappa shape index (κ3) is 4.44. The van der Waals surface area contributed by atoms with E-state index in [4.69, 9.17) is 4.74 Å². The van der Waals surface area contributed by atoms with Crippen molar-refractivity contribution in [3.63, 3.8) is 0 Å². The molecular formula is C17H18FN3O5. The molecule has 2 aromatic rings. The Bertz CT molecular complexity index is 881. The van der Waals surface area contributed by atoms with E-state index in [-0.39, 0.29) is 11.3 Å². The molecule has 0 unspecified atom stereocenters. The Morgan fingerprint density at radius 3 is 2.62 bits per heavy atom. The summed E-state index contributed by atoms with van der Waals surface area (Å²) in [6, 6.07) is 5.88. The molecule has 138 valence electrons. The standard InChI is InChI=1S/C17H18FN3O5/c1-10(17(24)26-3)19-15(22)9-21-16(23)7-6-14(20-21)12-5-4-11(25-2)8-13(12)18/h4-8,10H,9H2,1-3H3,(H,19,22)/t10-/m0/s1. The fraction of sp³-hybridized carbons (Fsp3) is 0.294. The van der Waals surface area contributed by atoms with Crippen LogP contribution in [0.5, 0.6) is 5.75 Å². The molecule has 8 nitrogen and oxygen atoms in total. The lowest BCUT2D eigenvalue weighted by molar-refractivity contribution is -0.144. The van der Waals surface area contributed by atoms with Crippen LogP contribution in [0.2, 0.25) is 0 Å². The number of halogens is 1. The number of aromatic nitrogens is 2. The Kier molecular flexibility index (Phi) is 6.05. The van der Waals surface area contributed by atoms with Crippen LogP contribution in [0.4, 0.5) is 4.39 Å². The van der Waals surface area contributed by atoms with Crippen molar-refractivity contribution in [2.75, 3.05) is 14.2 Å². The number of nitrogens with zero attached hydrogens (tertiary/aromatic N) is 2. The Morgan fingerprint density at radius 1 is 1.27 bits per heavy atom. The molecule has 1 N–H and O–H groups in total. The molecule has 1 atom stereocenters. The smallest absolute Gasteiger partial charge is 0.328 e. The number of hydrogen-bond donors (Lipinski definition) is 1. The van der Waals surface area contributed by atoms with E-state index in [1.54, 1.807) is 6.07 Å². The number of carbonyl (C=O) groups excluding carboxylic acids is 2. The summed E-state index contributed by atoms with van der Waals surface area (Å²) in [6.45, 7) is 1.02. The van der Waals surface area contributed by atoms with Crippen LogP contribution in [-0.2, 0) is 20.9 Å². The molecule has 1 heterocycles. The van der Waals surface area contributed by atoms with Gasteiger partial charge in [0.2, 0.25) is 5.91 Å². The zero-order chi connectivity index (χ0) is 19.3. The molecule has 0 aliphatic carbocycles. The summed E-state index contributed by atoms with van der Waals surface area (Å²) in [7, 11) is 2.62. The molecule has 0 saturated heterocycles. The van der Waals surface area contributed by atoms with Crippen LogP contribution < -0.4 is 15.6 Å². The van der Waals surface area contributed by atoms with E-state index in [0.29, 0.717) is 5.75 Å². The number of hydrogen-bond acceptors (Lipinski definition) is 6. The molecule has 1 amide bonds. The van der Waals surface area contributed by atoms with Crippen molar-refractivity contribution in [3.8, 4) is 17.0 Å². The number of esters is 1. The van der Waals surface area contributed by atoms with Gasteiger partial charge in [-0.3, -0.25) is 9.59 Å². The summed E-state index contributed by atoms with van der Waals surface area (Å²) in [4.78, 5) is 35.2. The molecule has 1 aromatic heterocycles. The molecule has 0 radical (unpaired) electrons. The minimum Gasteiger partial charge on any atom is -0.497 e. The Balaban J connectivity index is 2.24. The van der Waals surface area contributed by atoms with E-state index >= 15 is 0 Å². The van der Waals surface area contributed by atoms with Crippen LogP contribution in [-0.4, -0.2) is 41.9 Å². The lowest BCUT2D eigenvalue weighted by Crippen LogP contribution is -2.42. The van der Waals surface area contributed by atoms with Gasteiger partial charge in [0.05, 0.1) is 19.9 Å². The zero-order valence-electron chi connectivity index (χ0n) is 14.5. The monoisotopic (exact) mass is 363 g/mol. The molecule has 0 bridgehead atoms. The largest absolute Gasteiger partial charge is 0.497 e. The SMILES string of the molecule is COC(=O)[C@H](C)NC(=O)Cn1nc(-c2ccc(OC)cc2F)ccc1=O.